The Bertz CT molecular complexity index is 328. The van der Waals surface area contributed by atoms with Crippen LogP contribution in [0.4, 0.5) is 0 Å². The topological polar surface area (TPSA) is 0 Å². The molecule has 0 spiro atoms. The predicted molar refractivity (Wildman–Crippen MR) is 69.3 cm³/mol. The third kappa shape index (κ3) is 4.83. The Balaban J connectivity index is 0.00000144. The van der Waals surface area contributed by atoms with Gasteiger partial charge in [0.15, 0.2) is 0 Å². The fourth-order valence-corrected chi connectivity index (χ4v) is 2.81. The minimum atomic E-state index is 0. The maximum atomic E-state index is 3.35. The van der Waals surface area contributed by atoms with Crippen LogP contribution < -0.4 is 0 Å². The minimum Gasteiger partial charge on any atom is -0.177 e. The van der Waals surface area contributed by atoms with Crippen molar-refractivity contribution in [3.63, 3.8) is 0 Å². The van der Waals surface area contributed by atoms with E-state index < -0.39 is 0 Å². The molecule has 1 fully saturated rings. The molecule has 0 N–H and O–H groups in total. The van der Waals surface area contributed by atoms with E-state index in [9.17, 15) is 0 Å². The van der Waals surface area contributed by atoms with Crippen LogP contribution in [-0.2, 0) is 39.1 Å². The first-order valence-electron chi connectivity index (χ1n) is 6.44. The van der Waals surface area contributed by atoms with Crippen LogP contribution in [0.2, 0.25) is 0 Å². The fraction of sp³-hybridized carbons (Fsp3) is 0.562. The van der Waals surface area contributed by atoms with Gasteiger partial charge in [0.25, 0.3) is 0 Å². The first-order chi connectivity index (χ1) is 7.63. The van der Waals surface area contributed by atoms with Crippen molar-refractivity contribution in [3.8, 4) is 0 Å². The van der Waals surface area contributed by atoms with E-state index in [4.69, 9.17) is 0 Å². The van der Waals surface area contributed by atoms with Gasteiger partial charge in [0.2, 0.25) is 0 Å². The number of hydrogen-bond acceptors (Lipinski definition) is 0. The third-order valence-corrected chi connectivity index (χ3v) is 3.68. The van der Waals surface area contributed by atoms with Gasteiger partial charge in [-0.1, -0.05) is 20.8 Å². The van der Waals surface area contributed by atoms with Crippen molar-refractivity contribution in [1.82, 2.24) is 0 Å². The summed E-state index contributed by atoms with van der Waals surface area (Å²) in [5, 5.41) is 0. The van der Waals surface area contributed by atoms with Gasteiger partial charge in [-0.25, -0.2) is 0 Å². The summed E-state index contributed by atoms with van der Waals surface area (Å²) in [7, 11) is 0. The van der Waals surface area contributed by atoms with Gasteiger partial charge in [-0.15, -0.1) is 0 Å². The zero-order valence-corrected chi connectivity index (χ0v) is 14.2. The molecule has 1 aliphatic rings. The van der Waals surface area contributed by atoms with Gasteiger partial charge in [-0.3, -0.25) is 0 Å². The van der Waals surface area contributed by atoms with Crippen LogP contribution in [0, 0.1) is 31.7 Å². The van der Waals surface area contributed by atoms with Crippen molar-refractivity contribution in [2.24, 2.45) is 5.92 Å². The molecule has 0 aromatic heterocycles. The van der Waals surface area contributed by atoms with Crippen LogP contribution in [0.15, 0.2) is 12.1 Å². The van der Waals surface area contributed by atoms with E-state index in [2.05, 4.69) is 39.0 Å². The van der Waals surface area contributed by atoms with Crippen LogP contribution >= 0.6 is 0 Å². The van der Waals surface area contributed by atoms with Gasteiger partial charge in [0, 0.05) is 32.7 Å². The number of rotatable bonds is 2. The Morgan fingerprint density at radius 2 is 1.59 bits per heavy atom. The molecule has 2 radical (unpaired) electrons. The average molecular weight is 303 g/mol. The molecule has 0 aliphatic heterocycles. The number of benzene rings is 1. The maximum Gasteiger partial charge on any atom is 0 e. The second-order valence-corrected chi connectivity index (χ2v) is 5.46. The van der Waals surface area contributed by atoms with Crippen molar-refractivity contribution < 1.29 is 32.7 Å². The van der Waals surface area contributed by atoms with Crippen molar-refractivity contribution in [3.05, 3.63) is 40.8 Å². The zero-order valence-electron chi connectivity index (χ0n) is 11.3. The quantitative estimate of drug-likeness (QED) is 0.709. The van der Waals surface area contributed by atoms with Crippen LogP contribution in [-0.4, -0.2) is 0 Å². The molecule has 0 saturated heterocycles. The molecular formula is C16H22Y-. The average Bonchev–Trinajstić information content (AvgIpc) is 2.20. The summed E-state index contributed by atoms with van der Waals surface area (Å²) in [5.74, 6) is 2.61. The smallest absolute Gasteiger partial charge is 0 e. The Morgan fingerprint density at radius 1 is 1.06 bits per heavy atom. The van der Waals surface area contributed by atoms with Gasteiger partial charge < -0.3 is 0 Å². The molecular weight excluding hydrogens is 281 g/mol. The van der Waals surface area contributed by atoms with E-state index in [-0.39, 0.29) is 32.7 Å². The molecule has 0 unspecified atom stereocenters. The van der Waals surface area contributed by atoms with Crippen molar-refractivity contribution in [1.29, 1.82) is 0 Å². The molecule has 2 rings (SSSR count). The van der Waals surface area contributed by atoms with Crippen molar-refractivity contribution in [2.75, 3.05) is 0 Å². The van der Waals surface area contributed by atoms with Gasteiger partial charge in [0.05, 0.1) is 0 Å². The van der Waals surface area contributed by atoms with Gasteiger partial charge in [-0.2, -0.15) is 34.9 Å². The van der Waals surface area contributed by atoms with Crippen molar-refractivity contribution in [2.45, 2.75) is 52.9 Å². The fourth-order valence-electron chi connectivity index (χ4n) is 2.81. The van der Waals surface area contributed by atoms with E-state index in [0.717, 1.165) is 5.92 Å². The Labute approximate surface area is 131 Å². The number of aryl methyl sites for hydroxylation is 2. The largest absolute Gasteiger partial charge is 0.177 e. The van der Waals surface area contributed by atoms with E-state index in [1.54, 1.807) is 5.92 Å². The first-order valence-corrected chi connectivity index (χ1v) is 6.44. The third-order valence-electron chi connectivity index (χ3n) is 3.68. The van der Waals surface area contributed by atoms with Crippen molar-refractivity contribution >= 4 is 0 Å². The Hall–Kier alpha value is 0.324. The standard InChI is InChI=1S/C16H22.Y/c1-12-4-6-15(7-5-12)11-16-9-13(2)8-14(3)10-16;/h9-10,15H,4-7,11H2,1-3H3;/q-1;. The molecule has 17 heavy (non-hydrogen) atoms. The Morgan fingerprint density at radius 3 is 2.12 bits per heavy atom. The summed E-state index contributed by atoms with van der Waals surface area (Å²) >= 11 is 0. The summed E-state index contributed by atoms with van der Waals surface area (Å²) < 4.78 is 0. The van der Waals surface area contributed by atoms with Crippen LogP contribution in [0.3, 0.4) is 0 Å². The summed E-state index contributed by atoms with van der Waals surface area (Å²) in [6, 6.07) is 7.96. The molecule has 1 saturated carbocycles. The zero-order chi connectivity index (χ0) is 11.5. The summed E-state index contributed by atoms with van der Waals surface area (Å²) in [6.45, 7) is 6.60. The summed E-state index contributed by atoms with van der Waals surface area (Å²) in [4.78, 5) is 0. The Kier molecular flexibility index (Phi) is 6.38. The molecule has 1 heteroatoms. The van der Waals surface area contributed by atoms with E-state index in [1.807, 2.05) is 0 Å². The van der Waals surface area contributed by atoms with Gasteiger partial charge in [-0.05, 0) is 43.9 Å². The van der Waals surface area contributed by atoms with Crippen LogP contribution in [0.25, 0.3) is 0 Å². The van der Waals surface area contributed by atoms with Gasteiger partial charge >= 0.3 is 0 Å². The van der Waals surface area contributed by atoms with Crippen LogP contribution in [0.1, 0.15) is 49.3 Å². The van der Waals surface area contributed by atoms with E-state index in [1.165, 1.54) is 48.8 Å². The molecule has 1 aromatic rings. The molecule has 1 aromatic carbocycles. The molecule has 1 aliphatic carbocycles. The van der Waals surface area contributed by atoms with E-state index >= 15 is 0 Å². The number of hydrogen-bond donors (Lipinski definition) is 0. The monoisotopic (exact) mass is 303 g/mol. The molecule has 0 heterocycles. The van der Waals surface area contributed by atoms with Gasteiger partial charge in [0.1, 0.15) is 0 Å². The maximum absolute atomic E-state index is 3.35. The summed E-state index contributed by atoms with van der Waals surface area (Å²) in [6.07, 6.45) is 6.75. The molecule has 0 amide bonds. The summed E-state index contributed by atoms with van der Waals surface area (Å²) in [5.41, 5.74) is 4.08. The SMILES string of the molecule is C[C]1CCC(Cc2cc(C)[c-]c(C)c2)CC1.[Y]. The second-order valence-electron chi connectivity index (χ2n) is 5.46. The first kappa shape index (κ1) is 15.4. The predicted octanol–water partition coefficient (Wildman–Crippen LogP) is 4.43. The molecule has 0 atom stereocenters. The molecule has 90 valence electrons. The molecule has 0 nitrogen and oxygen atoms in total. The van der Waals surface area contributed by atoms with Crippen LogP contribution in [0.5, 0.6) is 0 Å². The second kappa shape index (κ2) is 7.05. The van der Waals surface area contributed by atoms with E-state index in [0.29, 0.717) is 0 Å². The normalized spacial score (nSPS) is 17.8. The molecule has 0 bridgehead atoms. The minimum absolute atomic E-state index is 0.